The van der Waals surface area contributed by atoms with E-state index < -0.39 is 0 Å². The Balaban J connectivity index is 0. The fraction of sp³-hybridized carbons (Fsp3) is 0. The van der Waals surface area contributed by atoms with Crippen LogP contribution in [0.5, 0.6) is 0 Å². The van der Waals surface area contributed by atoms with Gasteiger partial charge in [0, 0.05) is 31.7 Å². The average Bonchev–Trinajstić information content (AvgIpc) is 1.69. The van der Waals surface area contributed by atoms with Crippen molar-refractivity contribution in [3.05, 3.63) is 29.5 Å². The van der Waals surface area contributed by atoms with Gasteiger partial charge in [-0.2, -0.15) is 0 Å². The van der Waals surface area contributed by atoms with Gasteiger partial charge in [0.15, 0.2) is 0 Å². The Bertz CT molecular complexity index is 147. The Kier molecular flexibility index (Phi) is 9.06. The largest absolute Gasteiger partial charge is 1.00 e. The van der Waals surface area contributed by atoms with Gasteiger partial charge >= 0.3 is 0 Å². The molecule has 0 unspecified atom stereocenters. The molecule has 0 atom stereocenters. The molecule has 0 aliphatic carbocycles. The summed E-state index contributed by atoms with van der Waals surface area (Å²) in [5.41, 5.74) is 0. The van der Waals surface area contributed by atoms with E-state index >= 15 is 0 Å². The zero-order valence-electron chi connectivity index (χ0n) is 4.64. The van der Waals surface area contributed by atoms with Gasteiger partial charge in [0.05, 0.1) is 0 Å². The van der Waals surface area contributed by atoms with Crippen LogP contribution in [-0.4, -0.2) is 4.98 Å². The molecule has 0 aliphatic heterocycles. The molecule has 0 N–H and O–H groups in total. The summed E-state index contributed by atoms with van der Waals surface area (Å²) in [4.78, 5) is 3.69. The normalized spacial score (nSPS) is 6.78. The van der Waals surface area contributed by atoms with Gasteiger partial charge in [-0.1, -0.05) is 11.6 Å². The van der Waals surface area contributed by atoms with Crippen molar-refractivity contribution in [3.63, 3.8) is 0 Å². The Labute approximate surface area is 82.4 Å². The molecule has 9 heavy (non-hydrogen) atoms. The van der Waals surface area contributed by atoms with Crippen LogP contribution in [0.3, 0.4) is 0 Å². The average molecular weight is 258 g/mol. The summed E-state index contributed by atoms with van der Waals surface area (Å²) < 4.78 is 0. The van der Waals surface area contributed by atoms with Gasteiger partial charge in [-0.25, -0.2) is 4.98 Å². The zero-order valence-corrected chi connectivity index (χ0v) is 9.95. The molecule has 0 fully saturated rings. The summed E-state index contributed by atoms with van der Waals surface area (Å²) in [5.74, 6) is 0. The second-order valence-corrected chi connectivity index (χ2v) is 1.43. The van der Waals surface area contributed by atoms with E-state index in [0.717, 1.165) is 0 Å². The number of hydrogen-bond donors (Lipinski definition) is 0. The molecule has 0 amide bonds. The summed E-state index contributed by atoms with van der Waals surface area (Å²) >= 11 is 5.37. The molecule has 0 spiro atoms. The monoisotopic (exact) mass is 255 g/mol. The first kappa shape index (κ1) is 12.2. The number of hydrogen-bond acceptors (Lipinski definition) is 1. The summed E-state index contributed by atoms with van der Waals surface area (Å²) in [6, 6.07) is 6.17. The van der Waals surface area contributed by atoms with Gasteiger partial charge in [0.2, 0.25) is 0 Å². The van der Waals surface area contributed by atoms with Gasteiger partial charge in [0.25, 0.3) is 0 Å². The molecule has 1 rings (SSSR count). The number of halogens is 2. The molecule has 0 saturated carbocycles. The van der Waals surface area contributed by atoms with Crippen LogP contribution in [0.25, 0.3) is 0 Å². The Morgan fingerprint density at radius 3 is 2.44 bits per heavy atom. The maximum atomic E-state index is 5.37. The van der Waals surface area contributed by atoms with Crippen LogP contribution in [0.2, 0.25) is 5.15 Å². The van der Waals surface area contributed by atoms with Gasteiger partial charge < -0.3 is 17.0 Å². The first-order valence-corrected chi connectivity index (χ1v) is 2.25. The standard InChI is InChI=1S/C5H3ClN.BrH.Zn/c6-5-3-1-2-4-7-5;;/h1-2,4H;1H;/p-1. The SMILES string of the molecule is Clc1[c]cccn1.[Br-].[Zn]. The van der Waals surface area contributed by atoms with Crippen molar-refractivity contribution in [2.75, 3.05) is 0 Å². The van der Waals surface area contributed by atoms with Crippen LogP contribution in [0.4, 0.5) is 0 Å². The zero-order chi connectivity index (χ0) is 5.11. The van der Waals surface area contributed by atoms with Crippen LogP contribution in [0.1, 0.15) is 0 Å². The maximum Gasteiger partial charge on any atom is 0.136 e. The quantitative estimate of drug-likeness (QED) is 0.409. The summed E-state index contributed by atoms with van der Waals surface area (Å²) in [6.45, 7) is 0. The molecule has 1 heterocycles. The van der Waals surface area contributed by atoms with E-state index in [4.69, 9.17) is 11.6 Å². The van der Waals surface area contributed by atoms with Crippen molar-refractivity contribution >= 4 is 11.6 Å². The van der Waals surface area contributed by atoms with Crippen molar-refractivity contribution in [2.24, 2.45) is 0 Å². The van der Waals surface area contributed by atoms with Crippen molar-refractivity contribution in [3.8, 4) is 0 Å². The van der Waals surface area contributed by atoms with Gasteiger partial charge in [-0.3, -0.25) is 0 Å². The molecular formula is C5H3BrClNZn-. The molecule has 1 aromatic heterocycles. The number of rotatable bonds is 0. The molecule has 1 radical (unpaired) electrons. The molecule has 45 valence electrons. The third kappa shape index (κ3) is 5.01. The van der Waals surface area contributed by atoms with Crippen LogP contribution in [0.15, 0.2) is 18.3 Å². The minimum Gasteiger partial charge on any atom is -1.00 e. The molecular weight excluding hydrogens is 255 g/mol. The summed E-state index contributed by atoms with van der Waals surface area (Å²) in [6.07, 6.45) is 1.62. The predicted molar refractivity (Wildman–Crippen MR) is 28.1 cm³/mol. The summed E-state index contributed by atoms with van der Waals surface area (Å²) in [5, 5.41) is 0.419. The second kappa shape index (κ2) is 6.66. The van der Waals surface area contributed by atoms with Crippen LogP contribution in [0, 0.1) is 6.07 Å². The van der Waals surface area contributed by atoms with E-state index in [1.165, 1.54) is 0 Å². The van der Waals surface area contributed by atoms with Crippen molar-refractivity contribution in [2.45, 2.75) is 0 Å². The van der Waals surface area contributed by atoms with E-state index in [-0.39, 0.29) is 36.5 Å². The van der Waals surface area contributed by atoms with E-state index in [2.05, 4.69) is 11.1 Å². The van der Waals surface area contributed by atoms with Gasteiger partial charge in [0.1, 0.15) is 5.15 Å². The fourth-order valence-corrected chi connectivity index (χ4v) is 0.425. The van der Waals surface area contributed by atoms with E-state index in [0.29, 0.717) is 5.15 Å². The number of nitrogens with zero attached hydrogens (tertiary/aromatic N) is 1. The van der Waals surface area contributed by atoms with Gasteiger partial charge in [-0.15, -0.1) is 0 Å². The first-order chi connectivity index (χ1) is 3.39. The number of aromatic nitrogens is 1. The van der Waals surface area contributed by atoms with Crippen molar-refractivity contribution in [1.82, 2.24) is 4.98 Å². The molecule has 0 aromatic carbocycles. The maximum absolute atomic E-state index is 5.37. The molecule has 4 heteroatoms. The topological polar surface area (TPSA) is 12.9 Å². The Morgan fingerprint density at radius 2 is 2.22 bits per heavy atom. The Morgan fingerprint density at radius 1 is 1.56 bits per heavy atom. The summed E-state index contributed by atoms with van der Waals surface area (Å²) in [7, 11) is 0. The van der Waals surface area contributed by atoms with E-state index in [1.54, 1.807) is 18.3 Å². The molecule has 0 saturated heterocycles. The third-order valence-electron chi connectivity index (χ3n) is 0.573. The van der Waals surface area contributed by atoms with Crippen LogP contribution >= 0.6 is 11.6 Å². The van der Waals surface area contributed by atoms with Gasteiger partial charge in [-0.05, 0) is 12.1 Å². The van der Waals surface area contributed by atoms with E-state index in [9.17, 15) is 0 Å². The van der Waals surface area contributed by atoms with Crippen LogP contribution in [-0.2, 0) is 19.5 Å². The predicted octanol–water partition coefficient (Wildman–Crippen LogP) is -1.46. The molecule has 0 aliphatic rings. The van der Waals surface area contributed by atoms with Crippen molar-refractivity contribution < 1.29 is 36.5 Å². The van der Waals surface area contributed by atoms with Crippen molar-refractivity contribution in [1.29, 1.82) is 0 Å². The fourth-order valence-electron chi connectivity index (χ4n) is 0.306. The molecule has 1 nitrogen and oxygen atoms in total. The minimum atomic E-state index is 0. The Hall–Kier alpha value is 0.543. The molecule has 0 bridgehead atoms. The number of pyridine rings is 1. The smallest absolute Gasteiger partial charge is 0.136 e. The molecule has 1 aromatic rings. The first-order valence-electron chi connectivity index (χ1n) is 1.88. The minimum absolute atomic E-state index is 0. The van der Waals surface area contributed by atoms with Crippen LogP contribution < -0.4 is 17.0 Å². The third-order valence-corrected chi connectivity index (χ3v) is 0.779. The second-order valence-electron chi connectivity index (χ2n) is 1.07. The van der Waals surface area contributed by atoms with E-state index in [1.807, 2.05) is 0 Å².